The van der Waals surface area contributed by atoms with Gasteiger partial charge in [0.2, 0.25) is 0 Å². The van der Waals surface area contributed by atoms with Crippen LogP contribution >= 0.6 is 11.6 Å². The van der Waals surface area contributed by atoms with Gasteiger partial charge in [0.25, 0.3) is 5.91 Å². The third-order valence-corrected chi connectivity index (χ3v) is 2.57. The molecular formula is C12H9ClF3NO3. The minimum Gasteiger partial charge on any atom is -0.467 e. The lowest BCUT2D eigenvalue weighted by Gasteiger charge is -2.21. The predicted molar refractivity (Wildman–Crippen MR) is 63.2 cm³/mol. The first-order valence-corrected chi connectivity index (χ1v) is 5.87. The quantitative estimate of drug-likeness (QED) is 0.864. The molecule has 0 unspecified atom stereocenters. The van der Waals surface area contributed by atoms with Crippen LogP contribution < -0.4 is 0 Å². The first-order chi connectivity index (χ1) is 9.35. The maximum Gasteiger partial charge on any atom is 0.406 e. The van der Waals surface area contributed by atoms with Gasteiger partial charge in [0.1, 0.15) is 12.3 Å². The molecule has 108 valence electrons. The fourth-order valence-corrected chi connectivity index (χ4v) is 1.74. The van der Waals surface area contributed by atoms with Crippen LogP contribution in [-0.4, -0.2) is 23.5 Å². The van der Waals surface area contributed by atoms with Crippen LogP contribution in [0.4, 0.5) is 13.2 Å². The molecule has 0 aliphatic rings. The summed E-state index contributed by atoms with van der Waals surface area (Å²) in [5.74, 6) is -0.934. The fraction of sp³-hybridized carbons (Fsp3) is 0.250. The second-order valence-electron chi connectivity index (χ2n) is 3.96. The summed E-state index contributed by atoms with van der Waals surface area (Å²) < 4.78 is 47.4. The predicted octanol–water partition coefficient (Wildman–Crippen LogP) is 3.73. The van der Waals surface area contributed by atoms with E-state index in [1.807, 2.05) is 0 Å². The van der Waals surface area contributed by atoms with Crippen molar-refractivity contribution in [3.8, 4) is 0 Å². The fourth-order valence-electron chi connectivity index (χ4n) is 1.59. The van der Waals surface area contributed by atoms with Crippen LogP contribution in [0, 0.1) is 0 Å². The van der Waals surface area contributed by atoms with Gasteiger partial charge < -0.3 is 13.7 Å². The van der Waals surface area contributed by atoms with Crippen LogP contribution in [0.15, 0.2) is 39.4 Å². The Hall–Kier alpha value is -1.89. The third kappa shape index (κ3) is 3.80. The molecular weight excluding hydrogens is 299 g/mol. The largest absolute Gasteiger partial charge is 0.467 e. The average Bonchev–Trinajstić information content (AvgIpc) is 2.97. The Balaban J connectivity index is 2.19. The first-order valence-electron chi connectivity index (χ1n) is 5.49. The molecule has 0 saturated carbocycles. The number of nitrogens with zero attached hydrogens (tertiary/aromatic N) is 1. The van der Waals surface area contributed by atoms with Crippen molar-refractivity contribution in [2.45, 2.75) is 12.7 Å². The molecule has 2 heterocycles. The van der Waals surface area contributed by atoms with Crippen molar-refractivity contribution < 1.29 is 26.8 Å². The van der Waals surface area contributed by atoms with Crippen molar-refractivity contribution in [3.63, 3.8) is 0 Å². The molecule has 0 saturated heterocycles. The highest BCUT2D eigenvalue weighted by Crippen LogP contribution is 2.22. The van der Waals surface area contributed by atoms with Crippen LogP contribution in [0.3, 0.4) is 0 Å². The number of furan rings is 2. The van der Waals surface area contributed by atoms with Crippen molar-refractivity contribution in [2.75, 3.05) is 6.54 Å². The number of amides is 1. The van der Waals surface area contributed by atoms with E-state index in [9.17, 15) is 18.0 Å². The molecule has 0 bridgehead atoms. The van der Waals surface area contributed by atoms with Gasteiger partial charge in [-0.05, 0) is 35.9 Å². The molecule has 4 nitrogen and oxygen atoms in total. The minimum atomic E-state index is -4.53. The summed E-state index contributed by atoms with van der Waals surface area (Å²) in [6.07, 6.45) is -3.21. The Morgan fingerprint density at radius 3 is 2.55 bits per heavy atom. The minimum absolute atomic E-state index is 0.0710. The molecule has 0 spiro atoms. The molecule has 2 rings (SSSR count). The summed E-state index contributed by atoms with van der Waals surface area (Å²) in [4.78, 5) is 12.6. The standard InChI is InChI=1S/C12H9ClF3NO3/c13-10-4-3-9(20-10)11(18)17(7-12(14,15)16)6-8-2-1-5-19-8/h1-5H,6-7H2. The van der Waals surface area contributed by atoms with Crippen molar-refractivity contribution in [1.29, 1.82) is 0 Å². The van der Waals surface area contributed by atoms with Crippen molar-refractivity contribution in [2.24, 2.45) is 0 Å². The molecule has 0 aromatic carbocycles. The van der Waals surface area contributed by atoms with Gasteiger partial charge in [0, 0.05) is 0 Å². The molecule has 2 aromatic rings. The van der Waals surface area contributed by atoms with Crippen LogP contribution in [0.25, 0.3) is 0 Å². The maximum atomic E-state index is 12.5. The van der Waals surface area contributed by atoms with Gasteiger partial charge in [-0.25, -0.2) is 0 Å². The molecule has 0 aliphatic heterocycles. The van der Waals surface area contributed by atoms with Gasteiger partial charge in [-0.3, -0.25) is 4.79 Å². The average molecular weight is 308 g/mol. The Morgan fingerprint density at radius 1 is 1.30 bits per heavy atom. The van der Waals surface area contributed by atoms with Crippen LogP contribution in [0.5, 0.6) is 0 Å². The highest BCUT2D eigenvalue weighted by Gasteiger charge is 2.34. The highest BCUT2D eigenvalue weighted by molar-refractivity contribution is 6.29. The first kappa shape index (κ1) is 14.5. The van der Waals surface area contributed by atoms with Gasteiger partial charge in [-0.2, -0.15) is 13.2 Å². The third-order valence-electron chi connectivity index (χ3n) is 2.37. The second kappa shape index (κ2) is 5.62. The molecule has 0 atom stereocenters. The summed E-state index contributed by atoms with van der Waals surface area (Å²) in [7, 11) is 0. The summed E-state index contributed by atoms with van der Waals surface area (Å²) >= 11 is 5.51. The van der Waals surface area contributed by atoms with E-state index in [1.165, 1.54) is 30.5 Å². The van der Waals surface area contributed by atoms with E-state index in [1.54, 1.807) is 0 Å². The molecule has 0 radical (unpaired) electrons. The van der Waals surface area contributed by atoms with Gasteiger partial charge >= 0.3 is 6.18 Å². The van der Waals surface area contributed by atoms with E-state index in [0.29, 0.717) is 4.90 Å². The molecule has 0 aliphatic carbocycles. The Labute approximate surface area is 116 Å². The SMILES string of the molecule is O=C(c1ccc(Cl)o1)N(Cc1ccco1)CC(F)(F)F. The Morgan fingerprint density at radius 2 is 2.05 bits per heavy atom. The highest BCUT2D eigenvalue weighted by atomic mass is 35.5. The molecule has 1 amide bonds. The van der Waals surface area contributed by atoms with Crippen LogP contribution in [-0.2, 0) is 6.54 Å². The van der Waals surface area contributed by atoms with E-state index >= 15 is 0 Å². The van der Waals surface area contributed by atoms with E-state index in [0.717, 1.165) is 0 Å². The van der Waals surface area contributed by atoms with E-state index < -0.39 is 18.6 Å². The number of hydrogen-bond donors (Lipinski definition) is 0. The molecule has 20 heavy (non-hydrogen) atoms. The second-order valence-corrected chi connectivity index (χ2v) is 4.33. The summed E-state index contributed by atoms with van der Waals surface area (Å²) in [6.45, 7) is -1.73. The molecule has 8 heteroatoms. The van der Waals surface area contributed by atoms with E-state index in [-0.39, 0.29) is 23.3 Å². The van der Waals surface area contributed by atoms with Gasteiger partial charge in [0.05, 0.1) is 12.8 Å². The molecule has 2 aromatic heterocycles. The zero-order valence-corrected chi connectivity index (χ0v) is 10.7. The smallest absolute Gasteiger partial charge is 0.406 e. The number of rotatable bonds is 4. The van der Waals surface area contributed by atoms with Crippen molar-refractivity contribution in [1.82, 2.24) is 4.90 Å². The zero-order valence-electron chi connectivity index (χ0n) is 9.98. The number of carbonyl (C=O) groups excluding carboxylic acids is 1. The van der Waals surface area contributed by atoms with Crippen molar-refractivity contribution in [3.05, 3.63) is 47.3 Å². The normalized spacial score (nSPS) is 11.6. The number of hydrogen-bond acceptors (Lipinski definition) is 3. The molecule has 0 fully saturated rings. The van der Waals surface area contributed by atoms with Crippen LogP contribution in [0.2, 0.25) is 5.22 Å². The lowest BCUT2D eigenvalue weighted by molar-refractivity contribution is -0.142. The summed E-state index contributed by atoms with van der Waals surface area (Å²) in [5.41, 5.74) is 0. The zero-order chi connectivity index (χ0) is 14.8. The number of alkyl halides is 3. The number of halogens is 4. The van der Waals surface area contributed by atoms with Crippen LogP contribution in [0.1, 0.15) is 16.3 Å². The monoisotopic (exact) mass is 307 g/mol. The lowest BCUT2D eigenvalue weighted by atomic mass is 10.3. The summed E-state index contributed by atoms with van der Waals surface area (Å²) in [5, 5.41) is -0.0710. The van der Waals surface area contributed by atoms with Gasteiger partial charge in [-0.1, -0.05) is 0 Å². The van der Waals surface area contributed by atoms with Gasteiger partial charge in [0.15, 0.2) is 11.0 Å². The Kier molecular flexibility index (Phi) is 4.08. The van der Waals surface area contributed by atoms with Gasteiger partial charge in [-0.15, -0.1) is 0 Å². The summed E-state index contributed by atoms with van der Waals surface area (Å²) in [6, 6.07) is 5.50. The lowest BCUT2D eigenvalue weighted by Crippen LogP contribution is -2.38. The van der Waals surface area contributed by atoms with E-state index in [2.05, 4.69) is 0 Å². The van der Waals surface area contributed by atoms with E-state index in [4.69, 9.17) is 20.4 Å². The topological polar surface area (TPSA) is 46.6 Å². The van der Waals surface area contributed by atoms with Crippen molar-refractivity contribution >= 4 is 17.5 Å². The molecule has 0 N–H and O–H groups in total. The Bertz CT molecular complexity index is 577. The number of carbonyl (C=O) groups is 1. The maximum absolute atomic E-state index is 12.5.